The Bertz CT molecular complexity index is 393. The van der Waals surface area contributed by atoms with Crippen LogP contribution >= 0.6 is 11.6 Å². The van der Waals surface area contributed by atoms with Crippen molar-refractivity contribution in [2.24, 2.45) is 0 Å². The monoisotopic (exact) mass is 255 g/mol. The number of aromatic nitrogens is 2. The van der Waals surface area contributed by atoms with Crippen LogP contribution in [0, 0.1) is 6.92 Å². The Kier molecular flexibility index (Phi) is 5.35. The van der Waals surface area contributed by atoms with Crippen molar-refractivity contribution < 1.29 is 4.79 Å². The van der Waals surface area contributed by atoms with Crippen LogP contribution in [0.25, 0.3) is 0 Å². The molecular weight excluding hydrogens is 238 g/mol. The van der Waals surface area contributed by atoms with Crippen molar-refractivity contribution in [2.75, 3.05) is 6.54 Å². The van der Waals surface area contributed by atoms with Gasteiger partial charge in [0.25, 0.3) is 5.91 Å². The number of nitrogens with zero attached hydrogens (tertiary/aromatic N) is 2. The van der Waals surface area contributed by atoms with E-state index in [0.29, 0.717) is 18.5 Å². The summed E-state index contributed by atoms with van der Waals surface area (Å²) in [6.07, 6.45) is 1.45. The summed E-state index contributed by atoms with van der Waals surface area (Å²) < 4.78 is 0. The molecule has 0 aromatic carbocycles. The van der Waals surface area contributed by atoms with Gasteiger partial charge in [0.15, 0.2) is 0 Å². The van der Waals surface area contributed by atoms with E-state index in [1.807, 2.05) is 20.8 Å². The summed E-state index contributed by atoms with van der Waals surface area (Å²) in [5.74, 6) is -0.0998. The minimum Gasteiger partial charge on any atom is -0.352 e. The molecule has 1 heterocycles. The molecule has 0 aliphatic heterocycles. The quantitative estimate of drug-likeness (QED) is 0.820. The van der Waals surface area contributed by atoms with Crippen molar-refractivity contribution in [3.8, 4) is 0 Å². The van der Waals surface area contributed by atoms with E-state index in [1.54, 1.807) is 6.07 Å². The van der Waals surface area contributed by atoms with Crippen LogP contribution in [0.3, 0.4) is 0 Å². The third-order valence-electron chi connectivity index (χ3n) is 2.40. The third-order valence-corrected chi connectivity index (χ3v) is 2.62. The maximum absolute atomic E-state index is 11.9. The maximum atomic E-state index is 11.9. The van der Waals surface area contributed by atoms with Crippen molar-refractivity contribution in [1.82, 2.24) is 15.5 Å². The second kappa shape index (κ2) is 6.55. The van der Waals surface area contributed by atoms with Gasteiger partial charge in [-0.15, -0.1) is 11.6 Å². The fourth-order valence-corrected chi connectivity index (χ4v) is 1.56. The van der Waals surface area contributed by atoms with Gasteiger partial charge in [-0.3, -0.25) is 4.79 Å². The van der Waals surface area contributed by atoms with E-state index >= 15 is 0 Å². The molecular formula is C12H18ClN3O. The zero-order chi connectivity index (χ0) is 12.8. The first-order chi connectivity index (χ1) is 8.04. The second-order valence-corrected chi connectivity index (χ2v) is 4.77. The number of carbonyl (C=O) groups excluding carboxylic acids is 1. The van der Waals surface area contributed by atoms with Crippen LogP contribution in [0.2, 0.25) is 0 Å². The van der Waals surface area contributed by atoms with Crippen molar-refractivity contribution in [3.63, 3.8) is 0 Å². The number of aryl methyl sites for hydroxylation is 2. The fourth-order valence-electron chi connectivity index (χ4n) is 1.45. The van der Waals surface area contributed by atoms with Gasteiger partial charge in [-0.1, -0.05) is 6.92 Å². The van der Waals surface area contributed by atoms with Crippen molar-refractivity contribution in [3.05, 3.63) is 23.0 Å². The Hall–Kier alpha value is -1.16. The van der Waals surface area contributed by atoms with Gasteiger partial charge >= 0.3 is 0 Å². The topological polar surface area (TPSA) is 54.9 Å². The third kappa shape index (κ3) is 4.30. The molecule has 0 radical (unpaired) electrons. The second-order valence-electron chi connectivity index (χ2n) is 4.02. The predicted octanol–water partition coefficient (Wildman–Crippen LogP) is 2.09. The maximum Gasteiger partial charge on any atom is 0.253 e. The summed E-state index contributed by atoms with van der Waals surface area (Å²) in [6, 6.07) is 1.77. The van der Waals surface area contributed by atoms with Crippen molar-refractivity contribution >= 4 is 17.5 Å². The number of nitrogens with one attached hydrogen (secondary N) is 1. The Morgan fingerprint density at radius 3 is 2.82 bits per heavy atom. The predicted molar refractivity (Wildman–Crippen MR) is 68.4 cm³/mol. The highest BCUT2D eigenvalue weighted by molar-refractivity contribution is 6.20. The first-order valence-corrected chi connectivity index (χ1v) is 6.23. The van der Waals surface area contributed by atoms with Crippen LogP contribution in [-0.4, -0.2) is 28.0 Å². The molecule has 1 N–H and O–H groups in total. The van der Waals surface area contributed by atoms with Crippen LogP contribution in [0.5, 0.6) is 0 Å². The van der Waals surface area contributed by atoms with E-state index < -0.39 is 0 Å². The molecule has 94 valence electrons. The van der Waals surface area contributed by atoms with E-state index in [2.05, 4.69) is 15.5 Å². The lowest BCUT2D eigenvalue weighted by Crippen LogP contribution is -2.27. The van der Waals surface area contributed by atoms with Crippen molar-refractivity contribution in [2.45, 2.75) is 39.0 Å². The molecule has 0 saturated heterocycles. The van der Waals surface area contributed by atoms with Gasteiger partial charge in [0.05, 0.1) is 17.0 Å². The summed E-state index contributed by atoms with van der Waals surface area (Å²) in [5.41, 5.74) is 2.09. The van der Waals surface area contributed by atoms with Gasteiger partial charge < -0.3 is 5.32 Å². The lowest BCUT2D eigenvalue weighted by atomic mass is 10.1. The van der Waals surface area contributed by atoms with Gasteiger partial charge in [-0.2, -0.15) is 10.2 Å². The molecule has 0 spiro atoms. The molecule has 0 fully saturated rings. The highest BCUT2D eigenvalue weighted by Gasteiger charge is 2.12. The number of halogens is 1. The lowest BCUT2D eigenvalue weighted by molar-refractivity contribution is 0.0951. The molecule has 1 amide bonds. The van der Waals surface area contributed by atoms with Crippen molar-refractivity contribution in [1.29, 1.82) is 0 Å². The van der Waals surface area contributed by atoms with Crippen LogP contribution in [0.15, 0.2) is 6.07 Å². The fraction of sp³-hybridized carbons (Fsp3) is 0.583. The normalized spacial score (nSPS) is 12.2. The Balaban J connectivity index is 2.70. The number of hydrogen-bond donors (Lipinski definition) is 1. The van der Waals surface area contributed by atoms with Gasteiger partial charge in [0.1, 0.15) is 0 Å². The zero-order valence-electron chi connectivity index (χ0n) is 10.5. The average Bonchev–Trinajstić information content (AvgIpc) is 2.28. The largest absolute Gasteiger partial charge is 0.352 e. The van der Waals surface area contributed by atoms with Crippen LogP contribution < -0.4 is 5.32 Å². The summed E-state index contributed by atoms with van der Waals surface area (Å²) in [6.45, 7) is 6.26. The molecule has 0 aliphatic rings. The summed E-state index contributed by atoms with van der Waals surface area (Å²) >= 11 is 5.82. The molecule has 5 heteroatoms. The number of amides is 1. The van der Waals surface area contributed by atoms with E-state index in [0.717, 1.165) is 17.8 Å². The van der Waals surface area contributed by atoms with E-state index in [4.69, 9.17) is 11.6 Å². The lowest BCUT2D eigenvalue weighted by Gasteiger charge is -2.09. The summed E-state index contributed by atoms with van der Waals surface area (Å²) in [7, 11) is 0. The summed E-state index contributed by atoms with van der Waals surface area (Å²) in [5, 5.41) is 10.9. The molecule has 1 aromatic rings. The molecule has 17 heavy (non-hydrogen) atoms. The van der Waals surface area contributed by atoms with Crippen LogP contribution in [0.1, 0.15) is 42.0 Å². The number of hydrogen-bond acceptors (Lipinski definition) is 3. The first-order valence-electron chi connectivity index (χ1n) is 5.80. The molecule has 1 atom stereocenters. The molecule has 1 aromatic heterocycles. The van der Waals surface area contributed by atoms with Gasteiger partial charge in [-0.05, 0) is 32.8 Å². The Morgan fingerprint density at radius 2 is 2.24 bits per heavy atom. The van der Waals surface area contributed by atoms with Gasteiger partial charge in [0.2, 0.25) is 0 Å². The molecule has 1 unspecified atom stereocenters. The standard InChI is InChI=1S/C12H18ClN3O/c1-4-11-10(7-9(3)15-16-11)12(17)14-6-5-8(2)13/h7-8H,4-6H2,1-3H3,(H,14,17). The van der Waals surface area contributed by atoms with Gasteiger partial charge in [-0.25, -0.2) is 0 Å². The molecule has 4 nitrogen and oxygen atoms in total. The number of rotatable bonds is 5. The number of carbonyl (C=O) groups is 1. The first kappa shape index (κ1) is 13.9. The SMILES string of the molecule is CCc1nnc(C)cc1C(=O)NCCC(C)Cl. The van der Waals surface area contributed by atoms with Crippen LogP contribution in [-0.2, 0) is 6.42 Å². The van der Waals surface area contributed by atoms with Gasteiger partial charge in [0, 0.05) is 11.9 Å². The highest BCUT2D eigenvalue weighted by atomic mass is 35.5. The smallest absolute Gasteiger partial charge is 0.253 e. The molecule has 0 saturated carbocycles. The average molecular weight is 256 g/mol. The van der Waals surface area contributed by atoms with Crippen LogP contribution in [0.4, 0.5) is 0 Å². The Labute approximate surface area is 107 Å². The molecule has 0 bridgehead atoms. The minimum atomic E-state index is -0.0998. The molecule has 1 rings (SSSR count). The summed E-state index contributed by atoms with van der Waals surface area (Å²) in [4.78, 5) is 11.9. The van der Waals surface area contributed by atoms with E-state index in [-0.39, 0.29) is 11.3 Å². The number of alkyl halides is 1. The molecule has 0 aliphatic carbocycles. The zero-order valence-corrected chi connectivity index (χ0v) is 11.2. The van der Waals surface area contributed by atoms with E-state index in [9.17, 15) is 4.79 Å². The minimum absolute atomic E-state index is 0.0678. The Morgan fingerprint density at radius 1 is 1.53 bits per heavy atom. The highest BCUT2D eigenvalue weighted by Crippen LogP contribution is 2.07. The van der Waals surface area contributed by atoms with E-state index in [1.165, 1.54) is 0 Å².